The van der Waals surface area contributed by atoms with Gasteiger partial charge in [-0.3, -0.25) is 9.20 Å². The summed E-state index contributed by atoms with van der Waals surface area (Å²) in [6.45, 7) is 3.63. The number of pyridine rings is 1. The lowest BCUT2D eigenvalue weighted by molar-refractivity contribution is 1.03. The highest BCUT2D eigenvalue weighted by Crippen LogP contribution is 2.19. The van der Waals surface area contributed by atoms with Gasteiger partial charge in [-0.2, -0.15) is 0 Å². The molecular weight excluding hydrogens is 240 g/mol. The summed E-state index contributed by atoms with van der Waals surface area (Å²) < 4.78 is 1.75. The molecule has 0 unspecified atom stereocenters. The molecule has 0 spiro atoms. The van der Waals surface area contributed by atoms with E-state index in [-0.39, 0.29) is 5.56 Å². The van der Waals surface area contributed by atoms with Crippen molar-refractivity contribution in [1.29, 1.82) is 0 Å². The van der Waals surface area contributed by atoms with Gasteiger partial charge in [0.15, 0.2) is 11.2 Å². The Labute approximate surface area is 101 Å². The molecule has 17 heavy (non-hydrogen) atoms. The molecule has 0 aromatic carbocycles. The number of fused-ring (bicyclic) bond motifs is 3. The molecule has 0 saturated carbocycles. The summed E-state index contributed by atoms with van der Waals surface area (Å²) in [6.07, 6.45) is 1.71. The van der Waals surface area contributed by atoms with Crippen LogP contribution in [-0.4, -0.2) is 19.4 Å². The lowest BCUT2D eigenvalue weighted by Crippen LogP contribution is -2.09. The van der Waals surface area contributed by atoms with Crippen LogP contribution in [0, 0.1) is 13.8 Å². The van der Waals surface area contributed by atoms with E-state index in [1.807, 2.05) is 13.0 Å². The Morgan fingerprint density at radius 2 is 2.06 bits per heavy atom. The Balaban J connectivity index is 2.65. The van der Waals surface area contributed by atoms with Crippen LogP contribution in [0.2, 0.25) is 5.02 Å². The number of rotatable bonds is 0. The monoisotopic (exact) mass is 248 g/mol. The first kappa shape index (κ1) is 10.3. The van der Waals surface area contributed by atoms with Crippen LogP contribution >= 0.6 is 11.6 Å². The van der Waals surface area contributed by atoms with Gasteiger partial charge in [-0.25, -0.2) is 9.97 Å². The minimum absolute atomic E-state index is 0.230. The number of halogens is 1. The van der Waals surface area contributed by atoms with Crippen LogP contribution in [0.1, 0.15) is 11.4 Å². The van der Waals surface area contributed by atoms with Crippen molar-refractivity contribution >= 4 is 28.4 Å². The number of nitrogens with zero attached hydrogens (tertiary/aromatic N) is 3. The smallest absolute Gasteiger partial charge is 0.279 e. The number of hydrogen-bond donors (Lipinski definition) is 1. The standard InChI is InChI=1S/C11H9ClN4O/c1-5-3-7(12)4-16-9(5)15-8-10(16)13-6(2)14-11(8)17/h3-4H,1-2H3,(H,13,14,17). The molecule has 1 N–H and O–H groups in total. The maximum atomic E-state index is 11.8. The first-order chi connectivity index (χ1) is 8.06. The van der Waals surface area contributed by atoms with Crippen LogP contribution in [-0.2, 0) is 0 Å². The lowest BCUT2D eigenvalue weighted by Gasteiger charge is -1.99. The Kier molecular flexibility index (Phi) is 2.00. The van der Waals surface area contributed by atoms with Gasteiger partial charge in [0.25, 0.3) is 5.56 Å². The fraction of sp³-hybridized carbons (Fsp3) is 0.182. The average molecular weight is 249 g/mol. The van der Waals surface area contributed by atoms with Gasteiger partial charge < -0.3 is 4.98 Å². The van der Waals surface area contributed by atoms with Gasteiger partial charge in [0.05, 0.1) is 5.02 Å². The zero-order valence-electron chi connectivity index (χ0n) is 9.28. The predicted octanol–water partition coefficient (Wildman–Crippen LogP) is 1.84. The van der Waals surface area contributed by atoms with Gasteiger partial charge in [0.1, 0.15) is 11.5 Å². The third-order valence-electron chi connectivity index (χ3n) is 2.63. The number of aromatic amines is 1. The number of H-pyrrole nitrogens is 1. The molecular formula is C11H9ClN4O. The molecule has 3 rings (SSSR count). The summed E-state index contributed by atoms with van der Waals surface area (Å²) in [5.74, 6) is 0.557. The largest absolute Gasteiger partial charge is 0.309 e. The molecule has 86 valence electrons. The number of nitrogens with one attached hydrogen (secondary N) is 1. The molecule has 0 atom stereocenters. The fourth-order valence-corrected chi connectivity index (χ4v) is 2.19. The van der Waals surface area contributed by atoms with Crippen LogP contribution in [0.3, 0.4) is 0 Å². The van der Waals surface area contributed by atoms with E-state index in [4.69, 9.17) is 11.6 Å². The van der Waals surface area contributed by atoms with Crippen LogP contribution in [0.15, 0.2) is 17.1 Å². The maximum absolute atomic E-state index is 11.8. The van der Waals surface area contributed by atoms with E-state index in [1.54, 1.807) is 17.5 Å². The fourth-order valence-electron chi connectivity index (χ4n) is 1.93. The van der Waals surface area contributed by atoms with Crippen molar-refractivity contribution in [3.05, 3.63) is 39.0 Å². The molecule has 0 radical (unpaired) electrons. The SMILES string of the molecule is Cc1nc2c(nc3c(C)cc(Cl)cn32)c(=O)[nH]1. The lowest BCUT2D eigenvalue weighted by atomic mass is 10.3. The van der Waals surface area contributed by atoms with Crippen LogP contribution < -0.4 is 5.56 Å². The van der Waals surface area contributed by atoms with Crippen LogP contribution in [0.25, 0.3) is 16.8 Å². The molecule has 0 fully saturated rings. The average Bonchev–Trinajstić information content (AvgIpc) is 2.58. The number of aryl methyl sites for hydroxylation is 2. The van der Waals surface area contributed by atoms with Crippen LogP contribution in [0.5, 0.6) is 0 Å². The van der Waals surface area contributed by atoms with Crippen molar-refractivity contribution in [2.75, 3.05) is 0 Å². The van der Waals surface area contributed by atoms with Crippen LogP contribution in [0.4, 0.5) is 0 Å². The van der Waals surface area contributed by atoms with Crippen molar-refractivity contribution in [2.24, 2.45) is 0 Å². The highest BCUT2D eigenvalue weighted by Gasteiger charge is 2.12. The second-order valence-corrected chi connectivity index (χ2v) is 4.41. The molecule has 3 heterocycles. The van der Waals surface area contributed by atoms with Crippen molar-refractivity contribution < 1.29 is 0 Å². The number of hydrogen-bond acceptors (Lipinski definition) is 3. The molecule has 3 aromatic heterocycles. The minimum Gasteiger partial charge on any atom is -0.309 e. The van der Waals surface area contributed by atoms with Gasteiger partial charge in [-0.15, -0.1) is 0 Å². The molecule has 0 aliphatic carbocycles. The highest BCUT2D eigenvalue weighted by molar-refractivity contribution is 6.30. The second-order valence-electron chi connectivity index (χ2n) is 3.97. The summed E-state index contributed by atoms with van der Waals surface area (Å²) in [4.78, 5) is 23.0. The van der Waals surface area contributed by atoms with Gasteiger partial charge in [0, 0.05) is 6.20 Å². The molecule has 0 aliphatic rings. The van der Waals surface area contributed by atoms with Gasteiger partial charge in [-0.05, 0) is 25.5 Å². The van der Waals surface area contributed by atoms with E-state index >= 15 is 0 Å². The van der Waals surface area contributed by atoms with E-state index in [0.717, 1.165) is 5.56 Å². The summed E-state index contributed by atoms with van der Waals surface area (Å²) in [5, 5.41) is 0.592. The third kappa shape index (κ3) is 1.43. The first-order valence-corrected chi connectivity index (χ1v) is 5.49. The van der Waals surface area contributed by atoms with E-state index in [9.17, 15) is 4.79 Å². The van der Waals surface area contributed by atoms with E-state index in [1.165, 1.54) is 0 Å². The van der Waals surface area contributed by atoms with Gasteiger partial charge in [0.2, 0.25) is 0 Å². The van der Waals surface area contributed by atoms with E-state index in [2.05, 4.69) is 15.0 Å². The van der Waals surface area contributed by atoms with Crippen molar-refractivity contribution in [3.63, 3.8) is 0 Å². The Bertz CT molecular complexity index is 802. The third-order valence-corrected chi connectivity index (χ3v) is 2.84. The van der Waals surface area contributed by atoms with Crippen molar-refractivity contribution in [3.8, 4) is 0 Å². The summed E-state index contributed by atoms with van der Waals surface area (Å²) in [5.41, 5.74) is 2.25. The zero-order valence-corrected chi connectivity index (χ0v) is 10.0. The number of imidazole rings is 1. The maximum Gasteiger partial charge on any atom is 0.279 e. The first-order valence-electron chi connectivity index (χ1n) is 5.11. The quantitative estimate of drug-likeness (QED) is 0.660. The normalized spacial score (nSPS) is 11.5. The molecule has 0 amide bonds. The second kappa shape index (κ2) is 3.30. The molecule has 3 aromatic rings. The molecule has 6 heteroatoms. The minimum atomic E-state index is -0.230. The summed E-state index contributed by atoms with van der Waals surface area (Å²) in [7, 11) is 0. The molecule has 0 saturated heterocycles. The zero-order chi connectivity index (χ0) is 12.2. The Hall–Kier alpha value is -1.88. The number of aromatic nitrogens is 4. The molecule has 0 bridgehead atoms. The van der Waals surface area contributed by atoms with E-state index < -0.39 is 0 Å². The van der Waals surface area contributed by atoms with Crippen molar-refractivity contribution in [1.82, 2.24) is 19.4 Å². The Morgan fingerprint density at radius 3 is 2.82 bits per heavy atom. The molecule has 0 aliphatic heterocycles. The topological polar surface area (TPSA) is 63.1 Å². The van der Waals surface area contributed by atoms with E-state index in [0.29, 0.717) is 27.7 Å². The van der Waals surface area contributed by atoms with Gasteiger partial charge >= 0.3 is 0 Å². The van der Waals surface area contributed by atoms with Gasteiger partial charge in [-0.1, -0.05) is 11.6 Å². The highest BCUT2D eigenvalue weighted by atomic mass is 35.5. The molecule has 5 nitrogen and oxygen atoms in total. The van der Waals surface area contributed by atoms with Crippen molar-refractivity contribution in [2.45, 2.75) is 13.8 Å². The Morgan fingerprint density at radius 1 is 1.29 bits per heavy atom. The summed E-state index contributed by atoms with van der Waals surface area (Å²) >= 11 is 6.00. The summed E-state index contributed by atoms with van der Waals surface area (Å²) in [6, 6.07) is 1.81. The predicted molar refractivity (Wildman–Crippen MR) is 65.6 cm³/mol.